The number of ether oxygens (including phenoxy) is 4. The second-order valence-electron chi connectivity index (χ2n) is 6.38. The summed E-state index contributed by atoms with van der Waals surface area (Å²) in [4.78, 5) is 40.1. The van der Waals surface area contributed by atoms with Gasteiger partial charge < -0.3 is 24.1 Å². The lowest BCUT2D eigenvalue weighted by Gasteiger charge is -2.16. The first-order valence-electron chi connectivity index (χ1n) is 8.50. The van der Waals surface area contributed by atoms with Crippen LogP contribution in [0.15, 0.2) is 20.9 Å². The molecule has 2 fully saturated rings. The van der Waals surface area contributed by atoms with Crippen molar-refractivity contribution in [2.75, 3.05) is 19.8 Å². The number of aliphatic hydroxyl groups is 1. The van der Waals surface area contributed by atoms with E-state index in [0.717, 1.165) is 0 Å². The molecule has 0 spiro atoms. The quantitative estimate of drug-likeness (QED) is 0.207. The fourth-order valence-corrected chi connectivity index (χ4v) is 2.85. The van der Waals surface area contributed by atoms with E-state index in [2.05, 4.69) is 15.0 Å². The molecule has 13 heteroatoms. The molecule has 3 rings (SSSR count). The Hall–Kier alpha value is -2.86. The van der Waals surface area contributed by atoms with Crippen molar-refractivity contribution in [3.8, 4) is 0 Å². The number of rotatable bonds is 7. The molecule has 5 atom stereocenters. The average Bonchev–Trinajstić information content (AvgIpc) is 3.33. The van der Waals surface area contributed by atoms with Crippen molar-refractivity contribution in [1.29, 1.82) is 0 Å². The average molecular weight is 397 g/mol. The van der Waals surface area contributed by atoms with E-state index < -0.39 is 35.8 Å². The zero-order chi connectivity index (χ0) is 20.3. The SMILES string of the molecule is Cc1cn([C@H]2CC(N=[N+]=[N-])[C@@H](COC(=O)OC[C@H]3O[C@H]3CO)O2)c(=O)[nH]c1=O. The molecule has 13 nitrogen and oxygen atoms in total. The minimum atomic E-state index is -0.962. The van der Waals surface area contributed by atoms with Crippen LogP contribution in [-0.4, -0.2) is 65.0 Å². The van der Waals surface area contributed by atoms with Crippen LogP contribution in [0.4, 0.5) is 4.79 Å². The summed E-state index contributed by atoms with van der Waals surface area (Å²) in [6, 6.07) is -0.688. The van der Waals surface area contributed by atoms with Gasteiger partial charge >= 0.3 is 11.8 Å². The van der Waals surface area contributed by atoms with Gasteiger partial charge in [-0.25, -0.2) is 9.59 Å². The third-order valence-electron chi connectivity index (χ3n) is 4.46. The Morgan fingerprint density at radius 1 is 1.36 bits per heavy atom. The summed E-state index contributed by atoms with van der Waals surface area (Å²) in [6.07, 6.45) is -1.73. The number of carbonyl (C=O) groups is 1. The summed E-state index contributed by atoms with van der Waals surface area (Å²) >= 11 is 0. The van der Waals surface area contributed by atoms with Crippen LogP contribution in [0.1, 0.15) is 18.2 Å². The van der Waals surface area contributed by atoms with Gasteiger partial charge in [0.2, 0.25) is 0 Å². The maximum Gasteiger partial charge on any atom is 0.508 e. The molecule has 152 valence electrons. The third kappa shape index (κ3) is 4.51. The Balaban J connectivity index is 1.58. The number of epoxide rings is 1. The van der Waals surface area contributed by atoms with Crippen LogP contribution < -0.4 is 11.2 Å². The van der Waals surface area contributed by atoms with Crippen LogP contribution in [0.2, 0.25) is 0 Å². The number of H-pyrrole nitrogens is 1. The lowest BCUT2D eigenvalue weighted by Crippen LogP contribution is -2.33. The van der Waals surface area contributed by atoms with E-state index in [9.17, 15) is 14.4 Å². The predicted octanol–water partition coefficient (Wildman–Crippen LogP) is -0.276. The molecule has 0 aromatic carbocycles. The highest BCUT2D eigenvalue weighted by Crippen LogP contribution is 2.30. The molecule has 0 saturated carbocycles. The van der Waals surface area contributed by atoms with Crippen molar-refractivity contribution < 1.29 is 28.8 Å². The molecule has 1 unspecified atom stereocenters. The van der Waals surface area contributed by atoms with E-state index in [4.69, 9.17) is 29.6 Å². The summed E-state index contributed by atoms with van der Waals surface area (Å²) in [7, 11) is 0. The van der Waals surface area contributed by atoms with Gasteiger partial charge in [-0.2, -0.15) is 0 Å². The van der Waals surface area contributed by atoms with Gasteiger partial charge in [0.25, 0.3) is 5.56 Å². The number of aromatic amines is 1. The Morgan fingerprint density at radius 3 is 2.71 bits per heavy atom. The Morgan fingerprint density at radius 2 is 2.07 bits per heavy atom. The number of azide groups is 1. The molecule has 28 heavy (non-hydrogen) atoms. The summed E-state index contributed by atoms with van der Waals surface area (Å²) in [5.74, 6) is 0. The highest BCUT2D eigenvalue weighted by molar-refractivity contribution is 5.59. The molecule has 2 N–H and O–H groups in total. The Bertz CT molecular complexity index is 891. The number of aromatic nitrogens is 2. The lowest BCUT2D eigenvalue weighted by molar-refractivity contribution is -0.0427. The van der Waals surface area contributed by atoms with Crippen molar-refractivity contribution in [3.05, 3.63) is 43.0 Å². The molecule has 0 bridgehead atoms. The van der Waals surface area contributed by atoms with Crippen molar-refractivity contribution in [1.82, 2.24) is 9.55 Å². The van der Waals surface area contributed by atoms with Crippen molar-refractivity contribution in [3.63, 3.8) is 0 Å². The summed E-state index contributed by atoms with van der Waals surface area (Å²) in [5.41, 5.74) is 7.88. The number of hydrogen-bond donors (Lipinski definition) is 2. The molecular formula is C15H19N5O8. The first-order chi connectivity index (χ1) is 13.4. The zero-order valence-electron chi connectivity index (χ0n) is 14.9. The van der Waals surface area contributed by atoms with Gasteiger partial charge in [-0.3, -0.25) is 14.3 Å². The van der Waals surface area contributed by atoms with Gasteiger partial charge in [-0.1, -0.05) is 5.11 Å². The Labute approximate surface area is 157 Å². The van der Waals surface area contributed by atoms with Gasteiger partial charge in [0, 0.05) is 23.1 Å². The van der Waals surface area contributed by atoms with Crippen LogP contribution in [0.3, 0.4) is 0 Å². The predicted molar refractivity (Wildman–Crippen MR) is 90.6 cm³/mol. The standard InChI is InChI=1S/C15H19N5O8/c1-7-3-20(14(23)17-13(7)22)12-2-8(18-19-16)10(28-12)5-25-15(24)26-6-11-9(4-21)27-11/h3,8-12,21H,2,4-6H2,1H3,(H,17,22,23)/t8?,9-,10+,11+,12+/m0/s1. The van der Waals surface area contributed by atoms with E-state index in [1.807, 2.05) is 0 Å². The highest BCUT2D eigenvalue weighted by atomic mass is 16.7. The second-order valence-corrected chi connectivity index (χ2v) is 6.38. The van der Waals surface area contributed by atoms with E-state index in [0.29, 0.717) is 5.56 Å². The number of aryl methyl sites for hydroxylation is 1. The summed E-state index contributed by atoms with van der Waals surface area (Å²) in [6.45, 7) is 1.07. The maximum absolute atomic E-state index is 12.0. The fraction of sp³-hybridized carbons (Fsp3) is 0.667. The van der Waals surface area contributed by atoms with Crippen molar-refractivity contribution >= 4 is 6.16 Å². The number of nitrogens with one attached hydrogen (secondary N) is 1. The number of nitrogens with zero attached hydrogens (tertiary/aromatic N) is 4. The second kappa shape index (κ2) is 8.44. The van der Waals surface area contributed by atoms with Gasteiger partial charge in [-0.15, -0.1) is 0 Å². The van der Waals surface area contributed by atoms with E-state index in [1.165, 1.54) is 17.7 Å². The molecule has 0 amide bonds. The maximum atomic E-state index is 12.0. The number of hydrogen-bond acceptors (Lipinski definition) is 9. The summed E-state index contributed by atoms with van der Waals surface area (Å²) in [5, 5.41) is 12.5. The van der Waals surface area contributed by atoms with Gasteiger partial charge in [0.1, 0.15) is 37.8 Å². The fourth-order valence-electron chi connectivity index (χ4n) is 2.85. The zero-order valence-corrected chi connectivity index (χ0v) is 14.9. The molecule has 0 radical (unpaired) electrons. The number of carbonyl (C=O) groups excluding carboxylic acids is 1. The minimum absolute atomic E-state index is 0.0516. The third-order valence-corrected chi connectivity index (χ3v) is 4.46. The largest absolute Gasteiger partial charge is 0.508 e. The van der Waals surface area contributed by atoms with Crippen LogP contribution in [0.25, 0.3) is 10.4 Å². The number of aliphatic hydroxyl groups excluding tert-OH is 1. The van der Waals surface area contributed by atoms with Crippen molar-refractivity contribution in [2.45, 2.75) is 43.9 Å². The molecule has 3 heterocycles. The molecule has 2 aliphatic heterocycles. The van der Waals surface area contributed by atoms with E-state index in [-0.39, 0.29) is 38.4 Å². The van der Waals surface area contributed by atoms with Crippen LogP contribution in [0.5, 0.6) is 0 Å². The smallest absolute Gasteiger partial charge is 0.432 e. The molecule has 1 aromatic heterocycles. The highest BCUT2D eigenvalue weighted by Gasteiger charge is 2.40. The molecule has 1 aromatic rings. The van der Waals surface area contributed by atoms with Gasteiger partial charge in [0.05, 0.1) is 12.6 Å². The first kappa shape index (κ1) is 19.9. The van der Waals surface area contributed by atoms with Gasteiger partial charge in [-0.05, 0) is 12.5 Å². The minimum Gasteiger partial charge on any atom is -0.432 e. The van der Waals surface area contributed by atoms with Crippen LogP contribution in [0, 0.1) is 6.92 Å². The van der Waals surface area contributed by atoms with E-state index >= 15 is 0 Å². The van der Waals surface area contributed by atoms with Crippen LogP contribution in [-0.2, 0) is 18.9 Å². The first-order valence-corrected chi connectivity index (χ1v) is 8.50. The van der Waals surface area contributed by atoms with Crippen LogP contribution >= 0.6 is 0 Å². The normalized spacial score (nSPS) is 28.4. The molecule has 2 aliphatic rings. The van der Waals surface area contributed by atoms with E-state index in [1.54, 1.807) is 0 Å². The molecule has 2 saturated heterocycles. The summed E-state index contributed by atoms with van der Waals surface area (Å²) < 4.78 is 21.7. The van der Waals surface area contributed by atoms with Gasteiger partial charge in [0.15, 0.2) is 0 Å². The Kier molecular flexibility index (Phi) is 5.99. The van der Waals surface area contributed by atoms with Crippen molar-refractivity contribution in [2.24, 2.45) is 5.11 Å². The molecular weight excluding hydrogens is 378 g/mol. The lowest BCUT2D eigenvalue weighted by atomic mass is 10.1. The molecule has 0 aliphatic carbocycles. The topological polar surface area (TPSA) is 181 Å². The monoisotopic (exact) mass is 397 g/mol.